The average molecular weight is 540 g/mol. The zero-order valence-electron chi connectivity index (χ0n) is 21.9. The van der Waals surface area contributed by atoms with Crippen molar-refractivity contribution in [1.29, 1.82) is 0 Å². The largest absolute Gasteiger partial charge is 0.519 e. The zero-order valence-corrected chi connectivity index (χ0v) is 23.5. The normalized spacial score (nSPS) is 12.9. The average Bonchev–Trinajstić information content (AvgIpc) is 3.10. The minimum absolute atomic E-state index is 0. The number of halogens is 2. The highest BCUT2D eigenvalue weighted by molar-refractivity contribution is 5.90. The van der Waals surface area contributed by atoms with Gasteiger partial charge in [-0.25, -0.2) is 4.79 Å². The summed E-state index contributed by atoms with van der Waals surface area (Å²) in [6.45, 7) is 13.6. The summed E-state index contributed by atoms with van der Waals surface area (Å²) in [6.07, 6.45) is 1.16. The molecule has 198 valence electrons. The molecule has 3 N–H and O–H groups in total. The van der Waals surface area contributed by atoms with E-state index in [1.165, 1.54) is 13.8 Å². The quantitative estimate of drug-likeness (QED) is 0.392. The Morgan fingerprint density at radius 1 is 1.03 bits per heavy atom. The molecule has 0 amide bonds. The maximum Gasteiger partial charge on any atom is 0.519 e. The van der Waals surface area contributed by atoms with E-state index in [1.807, 2.05) is 38.1 Å². The number of hydrogen-bond acceptors (Lipinski definition) is 6. The summed E-state index contributed by atoms with van der Waals surface area (Å²) in [5, 5.41) is 10.6. The van der Waals surface area contributed by atoms with Gasteiger partial charge in [-0.3, -0.25) is 9.78 Å². The van der Waals surface area contributed by atoms with Crippen molar-refractivity contribution in [3.05, 3.63) is 74.5 Å². The van der Waals surface area contributed by atoms with Crippen LogP contribution in [0.4, 0.5) is 0 Å². The number of nitrogens with zero attached hydrogens (tertiary/aromatic N) is 1. The maximum atomic E-state index is 12.9. The third kappa shape index (κ3) is 5.85. The fourth-order valence-electron chi connectivity index (χ4n) is 4.55. The molecule has 1 unspecified atom stereocenters. The Hall–Kier alpha value is -2.61. The van der Waals surface area contributed by atoms with Crippen molar-refractivity contribution in [2.45, 2.75) is 73.3 Å². The summed E-state index contributed by atoms with van der Waals surface area (Å²) in [4.78, 5) is 29.8. The topological polar surface area (TPSA) is 120 Å². The molecule has 0 aliphatic carbocycles. The molecule has 0 saturated heterocycles. The molecule has 3 rings (SSSR count). The van der Waals surface area contributed by atoms with Gasteiger partial charge in [-0.15, -0.1) is 24.8 Å². The van der Waals surface area contributed by atoms with Gasteiger partial charge >= 0.3 is 11.8 Å². The van der Waals surface area contributed by atoms with Gasteiger partial charge in [0.05, 0.1) is 0 Å². The molecule has 36 heavy (non-hydrogen) atoms. The second-order valence-corrected chi connectivity index (χ2v) is 10.2. The van der Waals surface area contributed by atoms with E-state index in [1.54, 1.807) is 0 Å². The molecule has 0 bridgehead atoms. The molecule has 2 heterocycles. The Balaban J connectivity index is 0.00000324. The Morgan fingerprint density at radius 3 is 2.03 bits per heavy atom. The van der Waals surface area contributed by atoms with Crippen LogP contribution in [0.2, 0.25) is 0 Å². The first-order valence-electron chi connectivity index (χ1n) is 11.5. The van der Waals surface area contributed by atoms with Crippen LogP contribution in [0.25, 0.3) is 11.1 Å². The van der Waals surface area contributed by atoms with E-state index in [0.29, 0.717) is 24.1 Å². The number of aliphatic carboxylic acids is 1. The maximum absolute atomic E-state index is 12.9. The first-order chi connectivity index (χ1) is 15.8. The number of carbonyl (C=O) groups is 1. The predicted octanol–water partition coefficient (Wildman–Crippen LogP) is 5.76. The number of nitrogens with two attached hydrogens (primary N) is 1. The van der Waals surface area contributed by atoms with Crippen LogP contribution in [0.15, 0.2) is 37.9 Å². The van der Waals surface area contributed by atoms with Gasteiger partial charge in [-0.2, -0.15) is 0 Å². The third-order valence-corrected chi connectivity index (χ3v) is 6.16. The smallest absolute Gasteiger partial charge is 0.480 e. The first-order valence-corrected chi connectivity index (χ1v) is 11.5. The number of carboxylic acid groups (broad SMARTS) is 1. The lowest BCUT2D eigenvalue weighted by atomic mass is 9.72. The SMILES string of the molecule is CCc1nc(CC(C)(C)C)c(CN)c(-c2ccc(C)cc2)c1C(C)(C(=O)O)c1oc(=O)oc1C.Cl.Cl. The zero-order chi connectivity index (χ0) is 25.4. The molecule has 0 aliphatic rings. The summed E-state index contributed by atoms with van der Waals surface area (Å²) in [6, 6.07) is 7.90. The number of pyridine rings is 1. The number of aryl methyl sites for hydroxylation is 3. The van der Waals surface area contributed by atoms with Crippen molar-refractivity contribution in [1.82, 2.24) is 4.98 Å². The fourth-order valence-corrected chi connectivity index (χ4v) is 4.55. The molecule has 1 aromatic carbocycles. The van der Waals surface area contributed by atoms with E-state index in [-0.39, 0.29) is 48.3 Å². The summed E-state index contributed by atoms with van der Waals surface area (Å²) in [5.74, 6) is -2.02. The van der Waals surface area contributed by atoms with Gasteiger partial charge in [0.25, 0.3) is 0 Å². The molecule has 2 aromatic heterocycles. The minimum atomic E-state index is -1.72. The van der Waals surface area contributed by atoms with Crippen LogP contribution in [0.1, 0.15) is 74.2 Å². The molecule has 9 heteroatoms. The van der Waals surface area contributed by atoms with Crippen molar-refractivity contribution in [3.8, 4) is 11.1 Å². The van der Waals surface area contributed by atoms with Crippen molar-refractivity contribution in [2.24, 2.45) is 11.1 Å². The monoisotopic (exact) mass is 538 g/mol. The fraction of sp³-hybridized carbons (Fsp3) is 0.444. The molecule has 7 nitrogen and oxygen atoms in total. The number of hydrogen-bond donors (Lipinski definition) is 2. The number of aromatic nitrogens is 1. The van der Waals surface area contributed by atoms with Crippen molar-refractivity contribution < 1.29 is 18.7 Å². The lowest BCUT2D eigenvalue weighted by Crippen LogP contribution is -2.37. The molecular formula is C27H36Cl2N2O5. The van der Waals surface area contributed by atoms with Crippen molar-refractivity contribution in [3.63, 3.8) is 0 Å². The second-order valence-electron chi connectivity index (χ2n) is 10.2. The molecule has 3 aromatic rings. The lowest BCUT2D eigenvalue weighted by molar-refractivity contribution is -0.142. The highest BCUT2D eigenvalue weighted by Crippen LogP contribution is 2.44. The van der Waals surface area contributed by atoms with Gasteiger partial charge in [-0.05, 0) is 55.7 Å². The molecule has 1 atom stereocenters. The van der Waals surface area contributed by atoms with E-state index >= 15 is 0 Å². The van der Waals surface area contributed by atoms with Gasteiger partial charge in [0.2, 0.25) is 0 Å². The summed E-state index contributed by atoms with van der Waals surface area (Å²) in [7, 11) is 0. The molecule has 0 aliphatic heterocycles. The summed E-state index contributed by atoms with van der Waals surface area (Å²) < 4.78 is 10.4. The van der Waals surface area contributed by atoms with Crippen LogP contribution in [0.3, 0.4) is 0 Å². The van der Waals surface area contributed by atoms with Gasteiger partial charge in [0, 0.05) is 23.5 Å². The second kappa shape index (κ2) is 11.6. The first kappa shape index (κ1) is 31.4. The van der Waals surface area contributed by atoms with E-state index in [9.17, 15) is 14.7 Å². The summed E-state index contributed by atoms with van der Waals surface area (Å²) in [5.41, 5.74) is 9.91. The van der Waals surface area contributed by atoms with E-state index in [4.69, 9.17) is 19.6 Å². The van der Waals surface area contributed by atoms with Gasteiger partial charge in [0.15, 0.2) is 11.2 Å². The van der Waals surface area contributed by atoms with Crippen LogP contribution in [0.5, 0.6) is 0 Å². The van der Waals surface area contributed by atoms with Crippen LogP contribution in [0, 0.1) is 19.3 Å². The minimum Gasteiger partial charge on any atom is -0.480 e. The van der Waals surface area contributed by atoms with E-state index in [2.05, 4.69) is 20.8 Å². The van der Waals surface area contributed by atoms with E-state index in [0.717, 1.165) is 27.9 Å². The van der Waals surface area contributed by atoms with Crippen LogP contribution >= 0.6 is 24.8 Å². The lowest BCUT2D eigenvalue weighted by Gasteiger charge is -2.31. The molecule has 0 fully saturated rings. The van der Waals surface area contributed by atoms with E-state index < -0.39 is 17.2 Å². The van der Waals surface area contributed by atoms with Gasteiger partial charge in [-0.1, -0.05) is 57.5 Å². The Kier molecular flexibility index (Phi) is 10.1. The molecular weight excluding hydrogens is 503 g/mol. The Labute approximate surface area is 224 Å². The van der Waals surface area contributed by atoms with Gasteiger partial charge in [0.1, 0.15) is 5.76 Å². The van der Waals surface area contributed by atoms with Crippen LogP contribution in [-0.2, 0) is 29.6 Å². The van der Waals surface area contributed by atoms with Crippen molar-refractivity contribution >= 4 is 30.8 Å². The molecule has 0 spiro atoms. The van der Waals surface area contributed by atoms with Crippen molar-refractivity contribution in [2.75, 3.05) is 0 Å². The number of rotatable bonds is 7. The molecule has 0 radical (unpaired) electrons. The van der Waals surface area contributed by atoms with Gasteiger partial charge < -0.3 is 19.7 Å². The Morgan fingerprint density at radius 2 is 1.61 bits per heavy atom. The summed E-state index contributed by atoms with van der Waals surface area (Å²) >= 11 is 0. The highest BCUT2D eigenvalue weighted by atomic mass is 35.5. The predicted molar refractivity (Wildman–Crippen MR) is 145 cm³/mol. The standard InChI is InChI=1S/C27H34N2O5.2ClH/c1-8-19-22(27(7,24(30)31)23-16(3)33-25(32)34-23)21(17-11-9-15(2)10-12-17)18(14-28)20(29-19)13-26(4,5)6;;/h9-12H,8,13-14,28H2,1-7H3,(H,30,31);2*1H. The third-order valence-electron chi connectivity index (χ3n) is 6.16. The number of benzene rings is 1. The number of carboxylic acids is 1. The Bertz CT molecular complexity index is 1270. The highest BCUT2D eigenvalue weighted by Gasteiger charge is 2.47. The van der Waals surface area contributed by atoms with Crippen LogP contribution < -0.4 is 11.6 Å². The molecule has 0 saturated carbocycles. The van der Waals surface area contributed by atoms with Crippen LogP contribution in [-0.4, -0.2) is 16.1 Å².